The van der Waals surface area contributed by atoms with Crippen molar-refractivity contribution in [2.24, 2.45) is 11.8 Å². The van der Waals surface area contributed by atoms with E-state index in [1.54, 1.807) is 12.1 Å². The summed E-state index contributed by atoms with van der Waals surface area (Å²) in [7, 11) is 0. The molecule has 116 valence electrons. The fourth-order valence-electron chi connectivity index (χ4n) is 3.82. The zero-order valence-corrected chi connectivity index (χ0v) is 11.8. The van der Waals surface area contributed by atoms with E-state index < -0.39 is 12.6 Å². The van der Waals surface area contributed by atoms with Gasteiger partial charge in [-0.3, -0.25) is 4.90 Å². The van der Waals surface area contributed by atoms with E-state index in [4.69, 9.17) is 0 Å². The molecule has 0 aromatic heterocycles. The molecule has 1 saturated heterocycles. The molecule has 3 atom stereocenters. The molecule has 5 heteroatoms. The topological polar surface area (TPSA) is 23.5 Å². The minimum absolute atomic E-state index is 0.155. The van der Waals surface area contributed by atoms with Gasteiger partial charge < -0.3 is 5.11 Å². The first-order valence-corrected chi connectivity index (χ1v) is 7.44. The van der Waals surface area contributed by atoms with Crippen LogP contribution in [0.25, 0.3) is 0 Å². The Balaban J connectivity index is 1.60. The predicted octanol–water partition coefficient (Wildman–Crippen LogP) is 2.99. The van der Waals surface area contributed by atoms with Crippen LogP contribution in [0, 0.1) is 11.8 Å². The number of likely N-dealkylation sites (tertiary alicyclic amines) is 1. The molecule has 0 amide bonds. The Bertz CT molecular complexity index is 489. The molecule has 2 fully saturated rings. The number of alkyl halides is 3. The molecule has 3 rings (SSSR count). The predicted molar refractivity (Wildman–Crippen MR) is 73.7 cm³/mol. The van der Waals surface area contributed by atoms with E-state index in [1.807, 2.05) is 6.07 Å². The second-order valence-corrected chi connectivity index (χ2v) is 6.45. The van der Waals surface area contributed by atoms with Crippen molar-refractivity contribution in [2.75, 3.05) is 13.1 Å². The van der Waals surface area contributed by atoms with Gasteiger partial charge in [-0.1, -0.05) is 24.3 Å². The Kier molecular flexibility index (Phi) is 3.97. The van der Waals surface area contributed by atoms with Crippen LogP contribution < -0.4 is 0 Å². The zero-order valence-electron chi connectivity index (χ0n) is 11.8. The Morgan fingerprint density at radius 2 is 1.71 bits per heavy atom. The van der Waals surface area contributed by atoms with E-state index in [1.165, 1.54) is 6.07 Å². The minimum Gasteiger partial charge on any atom is -0.393 e. The number of hydrogen-bond acceptors (Lipinski definition) is 2. The van der Waals surface area contributed by atoms with Gasteiger partial charge in [0.05, 0.1) is 12.5 Å². The Morgan fingerprint density at radius 3 is 2.33 bits per heavy atom. The van der Waals surface area contributed by atoms with Gasteiger partial charge in [-0.2, -0.15) is 13.2 Å². The molecular formula is C16H20F3NO. The van der Waals surface area contributed by atoms with Crippen molar-refractivity contribution >= 4 is 0 Å². The van der Waals surface area contributed by atoms with Crippen molar-refractivity contribution in [1.82, 2.24) is 4.90 Å². The lowest BCUT2D eigenvalue weighted by Gasteiger charge is -2.18. The first-order chi connectivity index (χ1) is 9.89. The number of halogens is 3. The lowest BCUT2D eigenvalue weighted by atomic mass is 10.0. The van der Waals surface area contributed by atoms with Crippen LogP contribution in [0.5, 0.6) is 0 Å². The SMILES string of the molecule is OC1C[C@@H]2CN(Cc3cccc(CC(F)(F)F)c3)C[C@@H]2C1. The molecule has 1 aliphatic heterocycles. The van der Waals surface area contributed by atoms with Crippen molar-refractivity contribution in [2.45, 2.75) is 38.1 Å². The number of hydrogen-bond donors (Lipinski definition) is 1. The molecule has 1 N–H and O–H groups in total. The lowest BCUT2D eigenvalue weighted by Crippen LogP contribution is -2.22. The fraction of sp³-hybridized carbons (Fsp3) is 0.625. The van der Waals surface area contributed by atoms with Gasteiger partial charge in [0.25, 0.3) is 0 Å². The van der Waals surface area contributed by atoms with Crippen LogP contribution >= 0.6 is 0 Å². The highest BCUT2D eigenvalue weighted by molar-refractivity contribution is 5.24. The maximum atomic E-state index is 12.4. The first kappa shape index (κ1) is 14.9. The summed E-state index contributed by atoms with van der Waals surface area (Å²) >= 11 is 0. The molecule has 1 saturated carbocycles. The third-order valence-electron chi connectivity index (χ3n) is 4.60. The van der Waals surface area contributed by atoms with Crippen LogP contribution in [0.3, 0.4) is 0 Å². The largest absolute Gasteiger partial charge is 0.393 e. The summed E-state index contributed by atoms with van der Waals surface area (Å²) in [5, 5.41) is 9.63. The quantitative estimate of drug-likeness (QED) is 0.927. The molecule has 1 aromatic rings. The molecule has 1 aliphatic carbocycles. The van der Waals surface area contributed by atoms with Gasteiger partial charge in [0, 0.05) is 19.6 Å². The van der Waals surface area contributed by atoms with Gasteiger partial charge in [-0.05, 0) is 35.8 Å². The highest BCUT2D eigenvalue weighted by Crippen LogP contribution is 2.38. The molecule has 2 aliphatic rings. The van der Waals surface area contributed by atoms with Gasteiger partial charge in [-0.15, -0.1) is 0 Å². The normalized spacial score (nSPS) is 29.8. The van der Waals surface area contributed by atoms with E-state index in [-0.39, 0.29) is 6.10 Å². The maximum Gasteiger partial charge on any atom is 0.393 e. The third kappa shape index (κ3) is 3.77. The van der Waals surface area contributed by atoms with Crippen LogP contribution in [0.2, 0.25) is 0 Å². The van der Waals surface area contributed by atoms with Crippen molar-refractivity contribution < 1.29 is 18.3 Å². The summed E-state index contributed by atoms with van der Waals surface area (Å²) in [6.07, 6.45) is -3.43. The van der Waals surface area contributed by atoms with Crippen LogP contribution in [0.15, 0.2) is 24.3 Å². The number of fused-ring (bicyclic) bond motifs is 1. The average Bonchev–Trinajstić information content (AvgIpc) is 2.83. The molecule has 1 unspecified atom stereocenters. The summed E-state index contributed by atoms with van der Waals surface area (Å²) in [6.45, 7) is 2.60. The van der Waals surface area contributed by atoms with Crippen molar-refractivity contribution in [1.29, 1.82) is 0 Å². The smallest absolute Gasteiger partial charge is 0.393 e. The summed E-state index contributed by atoms with van der Waals surface area (Å²) in [6, 6.07) is 6.79. The highest BCUT2D eigenvalue weighted by atomic mass is 19.4. The van der Waals surface area contributed by atoms with E-state index >= 15 is 0 Å². The van der Waals surface area contributed by atoms with Gasteiger partial charge in [0.1, 0.15) is 0 Å². The van der Waals surface area contributed by atoms with Crippen molar-refractivity contribution in [3.63, 3.8) is 0 Å². The fourth-order valence-corrected chi connectivity index (χ4v) is 3.82. The molecular weight excluding hydrogens is 279 g/mol. The van der Waals surface area contributed by atoms with E-state index in [0.717, 1.165) is 31.5 Å². The Morgan fingerprint density at radius 1 is 1.10 bits per heavy atom. The van der Waals surface area contributed by atoms with Crippen LogP contribution in [0.1, 0.15) is 24.0 Å². The first-order valence-electron chi connectivity index (χ1n) is 7.44. The van der Waals surface area contributed by atoms with Crippen molar-refractivity contribution in [3.05, 3.63) is 35.4 Å². The standard InChI is InChI=1S/C16H20F3NO/c17-16(18,19)7-11-2-1-3-12(4-11)8-20-9-13-5-15(21)6-14(13)10-20/h1-4,13-15,21H,5-10H2/t13-,14+,15?. The Labute approximate surface area is 122 Å². The minimum atomic E-state index is -4.15. The second kappa shape index (κ2) is 5.61. The monoisotopic (exact) mass is 299 g/mol. The lowest BCUT2D eigenvalue weighted by molar-refractivity contribution is -0.127. The van der Waals surface area contributed by atoms with Gasteiger partial charge in [0.2, 0.25) is 0 Å². The van der Waals surface area contributed by atoms with Crippen LogP contribution in [-0.2, 0) is 13.0 Å². The Hall–Kier alpha value is -1.07. The molecule has 2 nitrogen and oxygen atoms in total. The summed E-state index contributed by atoms with van der Waals surface area (Å²) in [4.78, 5) is 2.30. The van der Waals surface area contributed by atoms with Crippen LogP contribution in [-0.4, -0.2) is 35.4 Å². The second-order valence-electron chi connectivity index (χ2n) is 6.45. The van der Waals surface area contributed by atoms with Crippen molar-refractivity contribution in [3.8, 4) is 0 Å². The molecule has 0 spiro atoms. The van der Waals surface area contributed by atoms with E-state index in [2.05, 4.69) is 4.90 Å². The molecule has 0 bridgehead atoms. The molecule has 21 heavy (non-hydrogen) atoms. The number of nitrogens with zero attached hydrogens (tertiary/aromatic N) is 1. The summed E-state index contributed by atoms with van der Waals surface area (Å²) in [5.74, 6) is 1.11. The van der Waals surface area contributed by atoms with E-state index in [9.17, 15) is 18.3 Å². The van der Waals surface area contributed by atoms with Gasteiger partial charge in [-0.25, -0.2) is 0 Å². The van der Waals surface area contributed by atoms with E-state index in [0.29, 0.717) is 23.9 Å². The third-order valence-corrected chi connectivity index (χ3v) is 4.60. The summed E-state index contributed by atoms with van der Waals surface area (Å²) in [5.41, 5.74) is 1.27. The molecule has 0 radical (unpaired) electrons. The highest BCUT2D eigenvalue weighted by Gasteiger charge is 2.40. The number of benzene rings is 1. The summed E-state index contributed by atoms with van der Waals surface area (Å²) < 4.78 is 37.3. The van der Waals surface area contributed by atoms with Crippen LogP contribution in [0.4, 0.5) is 13.2 Å². The maximum absolute atomic E-state index is 12.4. The molecule has 1 heterocycles. The number of aliphatic hydroxyl groups is 1. The zero-order chi connectivity index (χ0) is 15.0. The van der Waals surface area contributed by atoms with Gasteiger partial charge >= 0.3 is 6.18 Å². The number of aliphatic hydroxyl groups excluding tert-OH is 1. The average molecular weight is 299 g/mol. The number of rotatable bonds is 3. The molecule has 1 aromatic carbocycles. The van der Waals surface area contributed by atoms with Gasteiger partial charge in [0.15, 0.2) is 0 Å².